The van der Waals surface area contributed by atoms with Crippen molar-refractivity contribution in [2.24, 2.45) is 0 Å². The Hall–Kier alpha value is -3.22. The normalized spacial score (nSPS) is 23.5. The summed E-state index contributed by atoms with van der Waals surface area (Å²) >= 11 is 0. The van der Waals surface area contributed by atoms with E-state index in [4.69, 9.17) is 4.74 Å². The van der Waals surface area contributed by atoms with E-state index < -0.39 is 17.6 Å². The second-order valence-corrected chi connectivity index (χ2v) is 9.52. The number of esters is 1. The largest absolute Gasteiger partial charge is 0.457 e. The summed E-state index contributed by atoms with van der Waals surface area (Å²) in [6.07, 6.45) is 7.90. The molecule has 2 aliphatic rings. The maximum absolute atomic E-state index is 13.0. The summed E-state index contributed by atoms with van der Waals surface area (Å²) in [7, 11) is 1.75. The number of allylic oxidation sites excluding steroid dienone is 1. The Kier molecular flexibility index (Phi) is 7.51. The molecule has 0 aromatic heterocycles. The Bertz CT molecular complexity index is 971. The number of carbonyl (C=O) groups excluding carboxylic acids is 4. The van der Waals surface area contributed by atoms with Crippen LogP contribution in [0, 0.1) is 0 Å². The van der Waals surface area contributed by atoms with E-state index in [0.717, 1.165) is 11.1 Å². The predicted octanol–water partition coefficient (Wildman–Crippen LogP) is 3.45. The number of likely N-dealkylation sites (N-methyl/N-ethyl adjacent to an activating group) is 1. The first-order valence-electron chi connectivity index (χ1n) is 11.3. The molecule has 1 aromatic carbocycles. The average Bonchev–Trinajstić information content (AvgIpc) is 3.06. The molecule has 0 bridgehead atoms. The molecular weight excluding hydrogens is 420 g/mol. The predicted molar refractivity (Wildman–Crippen MR) is 125 cm³/mol. The fourth-order valence-corrected chi connectivity index (χ4v) is 4.15. The molecule has 2 aliphatic heterocycles. The number of rotatable bonds is 4. The molecule has 176 valence electrons. The molecule has 1 saturated heterocycles. The Morgan fingerprint density at radius 2 is 1.76 bits per heavy atom. The van der Waals surface area contributed by atoms with Crippen LogP contribution >= 0.6 is 0 Å². The van der Waals surface area contributed by atoms with Gasteiger partial charge in [-0.15, -0.1) is 0 Å². The van der Waals surface area contributed by atoms with Crippen molar-refractivity contribution >= 4 is 29.6 Å². The van der Waals surface area contributed by atoms with E-state index in [-0.39, 0.29) is 36.6 Å². The van der Waals surface area contributed by atoms with Crippen LogP contribution in [0.15, 0.2) is 42.5 Å². The van der Waals surface area contributed by atoms with Crippen LogP contribution < -0.4 is 0 Å². The van der Waals surface area contributed by atoms with Gasteiger partial charge >= 0.3 is 5.97 Å². The molecule has 0 spiro atoms. The highest BCUT2D eigenvalue weighted by Crippen LogP contribution is 2.34. The van der Waals surface area contributed by atoms with Gasteiger partial charge in [-0.3, -0.25) is 14.4 Å². The zero-order chi connectivity index (χ0) is 24.2. The van der Waals surface area contributed by atoms with Crippen molar-refractivity contribution in [2.45, 2.75) is 64.1 Å². The van der Waals surface area contributed by atoms with Crippen molar-refractivity contribution in [1.29, 1.82) is 0 Å². The number of likely N-dealkylation sites (tertiary alicyclic amines) is 1. The smallest absolute Gasteiger partial charge is 0.331 e. The third-order valence-corrected chi connectivity index (χ3v) is 5.80. The van der Waals surface area contributed by atoms with E-state index >= 15 is 0 Å². The minimum atomic E-state index is -0.544. The lowest BCUT2D eigenvalue weighted by Crippen LogP contribution is -2.44. The van der Waals surface area contributed by atoms with Crippen molar-refractivity contribution in [3.8, 4) is 0 Å². The molecular formula is C26H32N2O5. The molecule has 2 atom stereocenters. The highest BCUT2D eigenvalue weighted by molar-refractivity contribution is 5.92. The Labute approximate surface area is 195 Å². The molecule has 2 heterocycles. The summed E-state index contributed by atoms with van der Waals surface area (Å²) in [4.78, 5) is 52.6. The number of carbonyl (C=O) groups is 4. The molecule has 7 heteroatoms. The second kappa shape index (κ2) is 10.1. The lowest BCUT2D eigenvalue weighted by molar-refractivity contribution is -0.148. The van der Waals surface area contributed by atoms with E-state index in [0.29, 0.717) is 19.3 Å². The fourth-order valence-electron chi connectivity index (χ4n) is 4.15. The van der Waals surface area contributed by atoms with Gasteiger partial charge in [-0.2, -0.15) is 0 Å². The summed E-state index contributed by atoms with van der Waals surface area (Å²) < 4.78 is 5.27. The monoisotopic (exact) mass is 452 g/mol. The molecule has 2 amide bonds. The van der Waals surface area contributed by atoms with Gasteiger partial charge in [0.15, 0.2) is 5.78 Å². The molecule has 0 N–H and O–H groups in total. The number of amides is 2. The van der Waals surface area contributed by atoms with Crippen LogP contribution in [-0.4, -0.2) is 58.6 Å². The number of ketones is 1. The molecule has 0 unspecified atom stereocenters. The van der Waals surface area contributed by atoms with Crippen LogP contribution in [0.25, 0.3) is 6.08 Å². The highest BCUT2D eigenvalue weighted by Gasteiger charge is 2.42. The first-order valence-corrected chi connectivity index (χ1v) is 11.3. The number of hydrogen-bond acceptors (Lipinski definition) is 5. The third-order valence-electron chi connectivity index (χ3n) is 5.80. The van der Waals surface area contributed by atoms with Crippen LogP contribution in [0.3, 0.4) is 0 Å². The highest BCUT2D eigenvalue weighted by atomic mass is 16.6. The molecule has 0 saturated carbocycles. The second-order valence-electron chi connectivity index (χ2n) is 9.52. The van der Waals surface area contributed by atoms with Crippen LogP contribution in [0.2, 0.25) is 0 Å². The van der Waals surface area contributed by atoms with E-state index in [9.17, 15) is 19.2 Å². The van der Waals surface area contributed by atoms with E-state index in [1.807, 2.05) is 45.0 Å². The van der Waals surface area contributed by atoms with E-state index in [2.05, 4.69) is 0 Å². The number of benzene rings is 1. The number of ether oxygens (including phenoxy) is 1. The van der Waals surface area contributed by atoms with Crippen LogP contribution in [0.1, 0.15) is 63.6 Å². The quantitative estimate of drug-likeness (QED) is 0.516. The molecule has 7 nitrogen and oxygen atoms in total. The third kappa shape index (κ3) is 6.40. The summed E-state index contributed by atoms with van der Waals surface area (Å²) in [6.45, 7) is 5.71. The lowest BCUT2D eigenvalue weighted by Gasteiger charge is -2.26. The standard InChI is InChI=1S/C26H32N2O5/c1-26(2,3)33-24(31)15-12-18-10-13-19(14-11-18)21-17-22(25(32)27(21)4)28-16-6-8-20(29)7-5-9-23(28)30/h6,8,10-15,21-22H,5,7,9,16-17H2,1-4H3/b8-6-,15-12+/t21-,22+/m0/s1. The molecule has 33 heavy (non-hydrogen) atoms. The van der Waals surface area contributed by atoms with Crippen LogP contribution in [-0.2, 0) is 23.9 Å². The van der Waals surface area contributed by atoms with Gasteiger partial charge in [0, 0.05) is 38.9 Å². The van der Waals surface area contributed by atoms with Crippen molar-refractivity contribution < 1.29 is 23.9 Å². The fraction of sp³-hybridized carbons (Fsp3) is 0.462. The summed E-state index contributed by atoms with van der Waals surface area (Å²) in [6, 6.07) is 6.95. The van der Waals surface area contributed by atoms with Crippen molar-refractivity contribution in [3.63, 3.8) is 0 Å². The van der Waals surface area contributed by atoms with Gasteiger partial charge in [0.25, 0.3) is 0 Å². The van der Waals surface area contributed by atoms with E-state index in [1.54, 1.807) is 29.0 Å². The first-order chi connectivity index (χ1) is 15.5. The maximum Gasteiger partial charge on any atom is 0.331 e. The zero-order valence-corrected chi connectivity index (χ0v) is 19.7. The van der Waals surface area contributed by atoms with Crippen LogP contribution in [0.5, 0.6) is 0 Å². The van der Waals surface area contributed by atoms with Gasteiger partial charge in [-0.25, -0.2) is 4.79 Å². The van der Waals surface area contributed by atoms with Gasteiger partial charge in [0.2, 0.25) is 11.8 Å². The Balaban J connectivity index is 1.71. The minimum absolute atomic E-state index is 0.0122. The molecule has 0 radical (unpaired) electrons. The van der Waals surface area contributed by atoms with Crippen molar-refractivity contribution in [1.82, 2.24) is 9.80 Å². The van der Waals surface area contributed by atoms with Crippen molar-refractivity contribution in [3.05, 3.63) is 53.6 Å². The van der Waals surface area contributed by atoms with Gasteiger partial charge < -0.3 is 14.5 Å². The van der Waals surface area contributed by atoms with Gasteiger partial charge in [-0.05, 0) is 50.5 Å². The topological polar surface area (TPSA) is 84.0 Å². The van der Waals surface area contributed by atoms with Gasteiger partial charge in [0.1, 0.15) is 11.6 Å². The average molecular weight is 453 g/mol. The van der Waals surface area contributed by atoms with E-state index in [1.165, 1.54) is 12.2 Å². The lowest BCUT2D eigenvalue weighted by atomic mass is 10.0. The van der Waals surface area contributed by atoms with Gasteiger partial charge in [-0.1, -0.05) is 30.3 Å². The molecule has 0 aliphatic carbocycles. The number of hydrogen-bond donors (Lipinski definition) is 0. The molecule has 1 fully saturated rings. The van der Waals surface area contributed by atoms with Gasteiger partial charge in [0.05, 0.1) is 6.04 Å². The maximum atomic E-state index is 13.0. The summed E-state index contributed by atoms with van der Waals surface area (Å²) in [5, 5.41) is 0. The summed E-state index contributed by atoms with van der Waals surface area (Å²) in [5.74, 6) is -0.580. The molecule has 3 rings (SSSR count). The number of nitrogens with zero attached hydrogens (tertiary/aromatic N) is 2. The zero-order valence-electron chi connectivity index (χ0n) is 19.7. The van der Waals surface area contributed by atoms with Crippen molar-refractivity contribution in [2.75, 3.05) is 13.6 Å². The Morgan fingerprint density at radius 1 is 1.06 bits per heavy atom. The Morgan fingerprint density at radius 3 is 2.42 bits per heavy atom. The SMILES string of the molecule is CN1C(=O)[C@H](N2C/C=C\C(=O)CCCC2=O)C[C@H]1c1ccc(/C=C/C(=O)OC(C)(C)C)cc1. The minimum Gasteiger partial charge on any atom is -0.457 e. The van der Waals surface area contributed by atoms with Crippen LogP contribution in [0.4, 0.5) is 0 Å². The first kappa shape index (κ1) is 24.4. The molecule has 1 aromatic rings. The summed E-state index contributed by atoms with van der Waals surface area (Å²) in [5.41, 5.74) is 1.27.